The first-order valence-corrected chi connectivity index (χ1v) is 7.27. The first kappa shape index (κ1) is 14.0. The molecule has 2 heterocycles. The zero-order valence-electron chi connectivity index (χ0n) is 10.5. The Morgan fingerprint density at radius 2 is 2.21 bits per heavy atom. The number of hydrogen-bond donors (Lipinski definition) is 2. The lowest BCUT2D eigenvalue weighted by molar-refractivity contribution is -0.137. The first-order valence-electron chi connectivity index (χ1n) is 6.11. The lowest BCUT2D eigenvalue weighted by Crippen LogP contribution is -2.44. The Morgan fingerprint density at radius 1 is 1.47 bits per heavy atom. The van der Waals surface area contributed by atoms with Gasteiger partial charge in [0.25, 0.3) is 0 Å². The van der Waals surface area contributed by atoms with Crippen molar-refractivity contribution in [1.29, 1.82) is 0 Å². The molecular formula is C12H17N3O3S. The Morgan fingerprint density at radius 3 is 2.79 bits per heavy atom. The van der Waals surface area contributed by atoms with E-state index >= 15 is 0 Å². The summed E-state index contributed by atoms with van der Waals surface area (Å²) in [6.45, 7) is 2.19. The fourth-order valence-corrected chi connectivity index (χ4v) is 2.99. The van der Waals surface area contributed by atoms with E-state index < -0.39 is 11.8 Å². The molecule has 0 spiro atoms. The van der Waals surface area contributed by atoms with Gasteiger partial charge < -0.3 is 15.5 Å². The Bertz CT molecular complexity index is 429. The van der Waals surface area contributed by atoms with Crippen LogP contribution in [-0.2, 0) is 9.59 Å². The van der Waals surface area contributed by atoms with E-state index in [9.17, 15) is 9.59 Å². The summed E-state index contributed by atoms with van der Waals surface area (Å²) in [5, 5.41) is 2.55. The summed E-state index contributed by atoms with van der Waals surface area (Å²) in [5.74, 6) is 1.18. The molecule has 0 aromatic carbocycles. The first-order chi connectivity index (χ1) is 9.18. The molecule has 1 unspecified atom stereocenters. The summed E-state index contributed by atoms with van der Waals surface area (Å²) in [6.07, 6.45) is 1.61. The van der Waals surface area contributed by atoms with Crippen LogP contribution in [0.4, 0.5) is 0 Å². The Labute approximate surface area is 115 Å². The molecule has 0 aliphatic carbocycles. The molecule has 1 aromatic rings. The number of hydrogen-bond acceptors (Lipinski definition) is 5. The predicted molar refractivity (Wildman–Crippen MR) is 72.6 cm³/mol. The van der Waals surface area contributed by atoms with Crippen molar-refractivity contribution < 1.29 is 14.0 Å². The topological polar surface area (TPSA) is 88.6 Å². The standard InChI is InChI=1S/C12H17N3O3S/c13-11(16)12(17)14-8-9(10-2-1-5-18-10)15-3-6-19-7-4-15/h1-2,5,9H,3-4,6-8H2,(H2,13,16)(H,14,17). The molecular weight excluding hydrogens is 266 g/mol. The van der Waals surface area contributed by atoms with E-state index in [0.29, 0.717) is 6.54 Å². The van der Waals surface area contributed by atoms with E-state index in [1.165, 1.54) is 0 Å². The summed E-state index contributed by atoms with van der Waals surface area (Å²) in [6, 6.07) is 3.64. The molecule has 1 aliphatic heterocycles. The molecule has 1 aliphatic rings. The zero-order valence-corrected chi connectivity index (χ0v) is 11.3. The van der Waals surface area contributed by atoms with Gasteiger partial charge in [0, 0.05) is 31.1 Å². The third-order valence-electron chi connectivity index (χ3n) is 3.04. The molecule has 1 saturated heterocycles. The van der Waals surface area contributed by atoms with Crippen molar-refractivity contribution in [2.45, 2.75) is 6.04 Å². The Hall–Kier alpha value is -1.47. The fraction of sp³-hybridized carbons (Fsp3) is 0.500. The minimum Gasteiger partial charge on any atom is -0.468 e. The summed E-state index contributed by atoms with van der Waals surface area (Å²) in [4.78, 5) is 24.3. The smallest absolute Gasteiger partial charge is 0.309 e. The molecule has 1 atom stereocenters. The maximum absolute atomic E-state index is 11.3. The molecule has 0 radical (unpaired) electrons. The molecule has 3 N–H and O–H groups in total. The maximum atomic E-state index is 11.3. The minimum atomic E-state index is -0.965. The Balaban J connectivity index is 2.02. The van der Waals surface area contributed by atoms with Gasteiger partial charge in [-0.1, -0.05) is 0 Å². The van der Waals surface area contributed by atoms with Crippen LogP contribution in [0, 0.1) is 0 Å². The largest absolute Gasteiger partial charge is 0.468 e. The second-order valence-electron chi connectivity index (χ2n) is 4.25. The highest BCUT2D eigenvalue weighted by molar-refractivity contribution is 7.99. The molecule has 19 heavy (non-hydrogen) atoms. The molecule has 2 amide bonds. The van der Waals surface area contributed by atoms with Crippen molar-refractivity contribution in [1.82, 2.24) is 10.2 Å². The lowest BCUT2D eigenvalue weighted by Gasteiger charge is -2.33. The van der Waals surface area contributed by atoms with Crippen LogP contribution in [0.15, 0.2) is 22.8 Å². The van der Waals surface area contributed by atoms with Gasteiger partial charge in [0.05, 0.1) is 12.3 Å². The van der Waals surface area contributed by atoms with Gasteiger partial charge in [0.2, 0.25) is 0 Å². The minimum absolute atomic E-state index is 0.0563. The van der Waals surface area contributed by atoms with E-state index in [1.807, 2.05) is 23.9 Å². The number of furan rings is 1. The fourth-order valence-electron chi connectivity index (χ4n) is 2.06. The number of nitrogens with zero attached hydrogens (tertiary/aromatic N) is 1. The van der Waals surface area contributed by atoms with E-state index in [2.05, 4.69) is 10.2 Å². The van der Waals surface area contributed by atoms with Crippen LogP contribution in [0.5, 0.6) is 0 Å². The third kappa shape index (κ3) is 3.74. The lowest BCUT2D eigenvalue weighted by atomic mass is 10.2. The average molecular weight is 283 g/mol. The van der Waals surface area contributed by atoms with Gasteiger partial charge >= 0.3 is 11.8 Å². The summed E-state index contributed by atoms with van der Waals surface area (Å²) in [5.41, 5.74) is 4.93. The number of rotatable bonds is 4. The van der Waals surface area contributed by atoms with Gasteiger partial charge in [-0.05, 0) is 12.1 Å². The van der Waals surface area contributed by atoms with Crippen molar-refractivity contribution in [3.05, 3.63) is 24.2 Å². The van der Waals surface area contributed by atoms with Crippen LogP contribution in [0.3, 0.4) is 0 Å². The second-order valence-corrected chi connectivity index (χ2v) is 5.48. The SMILES string of the molecule is NC(=O)C(=O)NCC(c1ccco1)N1CCSCC1. The van der Waals surface area contributed by atoms with E-state index in [0.717, 1.165) is 30.4 Å². The van der Waals surface area contributed by atoms with Crippen LogP contribution in [0.2, 0.25) is 0 Å². The summed E-state index contributed by atoms with van der Waals surface area (Å²) >= 11 is 1.91. The van der Waals surface area contributed by atoms with Crippen molar-refractivity contribution in [3.63, 3.8) is 0 Å². The molecule has 7 heteroatoms. The molecule has 1 aromatic heterocycles. The molecule has 0 bridgehead atoms. The predicted octanol–water partition coefficient (Wildman–Crippen LogP) is -0.0290. The maximum Gasteiger partial charge on any atom is 0.309 e. The molecule has 1 fully saturated rings. The summed E-state index contributed by atoms with van der Waals surface area (Å²) in [7, 11) is 0. The van der Waals surface area contributed by atoms with E-state index in [1.54, 1.807) is 6.26 Å². The van der Waals surface area contributed by atoms with Gasteiger partial charge in [-0.2, -0.15) is 11.8 Å². The van der Waals surface area contributed by atoms with Crippen molar-refractivity contribution in [2.24, 2.45) is 5.73 Å². The van der Waals surface area contributed by atoms with Crippen molar-refractivity contribution in [3.8, 4) is 0 Å². The van der Waals surface area contributed by atoms with Gasteiger partial charge in [-0.15, -0.1) is 0 Å². The van der Waals surface area contributed by atoms with E-state index in [4.69, 9.17) is 10.2 Å². The Kier molecular flexibility index (Phi) is 4.86. The van der Waals surface area contributed by atoms with Crippen LogP contribution >= 0.6 is 11.8 Å². The number of nitrogens with two attached hydrogens (primary N) is 1. The van der Waals surface area contributed by atoms with Crippen molar-refractivity contribution >= 4 is 23.6 Å². The van der Waals surface area contributed by atoms with Crippen LogP contribution < -0.4 is 11.1 Å². The second kappa shape index (κ2) is 6.63. The van der Waals surface area contributed by atoms with Gasteiger partial charge in [-0.3, -0.25) is 14.5 Å². The highest BCUT2D eigenvalue weighted by atomic mass is 32.2. The molecule has 0 saturated carbocycles. The summed E-state index contributed by atoms with van der Waals surface area (Å²) < 4.78 is 5.43. The zero-order chi connectivity index (χ0) is 13.7. The van der Waals surface area contributed by atoms with Gasteiger partial charge in [0.1, 0.15) is 5.76 Å². The molecule has 104 valence electrons. The number of primary amides is 1. The highest BCUT2D eigenvalue weighted by Gasteiger charge is 2.25. The van der Waals surface area contributed by atoms with Crippen LogP contribution in [0.25, 0.3) is 0 Å². The number of carbonyl (C=O) groups excluding carboxylic acids is 2. The van der Waals surface area contributed by atoms with Gasteiger partial charge in [0.15, 0.2) is 0 Å². The third-order valence-corrected chi connectivity index (χ3v) is 3.98. The number of amides is 2. The van der Waals surface area contributed by atoms with Crippen LogP contribution in [0.1, 0.15) is 11.8 Å². The van der Waals surface area contributed by atoms with E-state index in [-0.39, 0.29) is 6.04 Å². The monoisotopic (exact) mass is 283 g/mol. The highest BCUT2D eigenvalue weighted by Crippen LogP contribution is 2.23. The quantitative estimate of drug-likeness (QED) is 0.758. The average Bonchev–Trinajstić information content (AvgIpc) is 2.94. The molecule has 2 rings (SSSR count). The number of carbonyl (C=O) groups is 2. The number of thioether (sulfide) groups is 1. The van der Waals surface area contributed by atoms with Gasteiger partial charge in [-0.25, -0.2) is 0 Å². The normalized spacial score (nSPS) is 17.9. The van der Waals surface area contributed by atoms with Crippen LogP contribution in [-0.4, -0.2) is 47.9 Å². The molecule has 6 nitrogen and oxygen atoms in total. The number of nitrogens with one attached hydrogen (secondary N) is 1. The van der Waals surface area contributed by atoms with Crippen molar-refractivity contribution in [2.75, 3.05) is 31.1 Å².